The summed E-state index contributed by atoms with van der Waals surface area (Å²) in [6.07, 6.45) is 1.69. The summed E-state index contributed by atoms with van der Waals surface area (Å²) in [4.78, 5) is -0.452. The van der Waals surface area contributed by atoms with Gasteiger partial charge in [0, 0.05) is 17.3 Å². The second-order valence-electron chi connectivity index (χ2n) is 4.42. The fraction of sp³-hybridized carbons (Fsp3) is 0.429. The van der Waals surface area contributed by atoms with Gasteiger partial charge in [0.25, 0.3) is 0 Å². The van der Waals surface area contributed by atoms with Crippen molar-refractivity contribution in [1.29, 1.82) is 0 Å². The van der Waals surface area contributed by atoms with Gasteiger partial charge in [0.2, 0.25) is 0 Å². The fourth-order valence-electron chi connectivity index (χ4n) is 2.28. The van der Waals surface area contributed by atoms with Crippen molar-refractivity contribution in [2.45, 2.75) is 30.6 Å². The van der Waals surface area contributed by atoms with Crippen LogP contribution in [-0.2, 0) is 0 Å². The van der Waals surface area contributed by atoms with Crippen LogP contribution >= 0.6 is 23.2 Å². The van der Waals surface area contributed by atoms with Crippen molar-refractivity contribution in [3.05, 3.63) is 36.1 Å². The van der Waals surface area contributed by atoms with Crippen LogP contribution in [0.15, 0.2) is 34.9 Å². The summed E-state index contributed by atoms with van der Waals surface area (Å²) in [5.41, 5.74) is 1.97. The van der Waals surface area contributed by atoms with Gasteiger partial charge in [0.05, 0.1) is 6.26 Å². The number of fused-ring (bicyclic) bond motifs is 1. The maximum Gasteiger partial charge on any atom is 0.134 e. The molecule has 0 radical (unpaired) electrons. The summed E-state index contributed by atoms with van der Waals surface area (Å²) < 4.78 is 5.42. The first-order valence-corrected chi connectivity index (χ1v) is 6.99. The molecule has 0 aliphatic rings. The molecule has 2 unspecified atom stereocenters. The van der Waals surface area contributed by atoms with Gasteiger partial charge in [-0.25, -0.2) is 0 Å². The van der Waals surface area contributed by atoms with Crippen molar-refractivity contribution < 1.29 is 4.42 Å². The third-order valence-corrected chi connectivity index (χ3v) is 3.74. The Morgan fingerprint density at radius 2 is 2.06 bits per heavy atom. The Morgan fingerprint density at radius 1 is 1.28 bits per heavy atom. The summed E-state index contributed by atoms with van der Waals surface area (Å²) in [7, 11) is 0. The lowest BCUT2D eigenvalue weighted by Crippen LogP contribution is -2.34. The van der Waals surface area contributed by atoms with Crippen LogP contribution in [0.3, 0.4) is 0 Å². The number of alkyl halides is 2. The number of halogens is 2. The largest absolute Gasteiger partial charge is 0.464 e. The van der Waals surface area contributed by atoms with Gasteiger partial charge in [0.1, 0.15) is 10.4 Å². The quantitative estimate of drug-likeness (QED) is 0.828. The maximum absolute atomic E-state index is 6.13. The average Bonchev–Trinajstić information content (AvgIpc) is 2.76. The molecular formula is C14H17Cl2NO. The van der Waals surface area contributed by atoms with Crippen molar-refractivity contribution in [2.75, 3.05) is 6.54 Å². The molecule has 0 aliphatic heterocycles. The molecule has 1 aromatic heterocycles. The van der Waals surface area contributed by atoms with E-state index in [-0.39, 0.29) is 12.0 Å². The standard InChI is InChI=1S/C14H17Cl2NO/c1-3-17-9(2)13(14(15)16)11-5-4-10-6-7-18-12(10)8-11/h4-9,13-14,17H,3H2,1-2H3. The lowest BCUT2D eigenvalue weighted by molar-refractivity contribution is 0.486. The number of furan rings is 1. The maximum atomic E-state index is 6.13. The molecule has 0 spiro atoms. The molecule has 1 aromatic carbocycles. The Hall–Kier alpha value is -0.700. The number of hydrogen-bond acceptors (Lipinski definition) is 2. The monoisotopic (exact) mass is 285 g/mol. The van der Waals surface area contributed by atoms with Gasteiger partial charge < -0.3 is 9.73 Å². The molecule has 0 bridgehead atoms. The lowest BCUT2D eigenvalue weighted by atomic mass is 9.93. The summed E-state index contributed by atoms with van der Waals surface area (Å²) in [6.45, 7) is 5.06. The van der Waals surface area contributed by atoms with E-state index in [0.29, 0.717) is 0 Å². The van der Waals surface area contributed by atoms with E-state index in [2.05, 4.69) is 25.2 Å². The molecule has 2 rings (SSSR count). The number of likely N-dealkylation sites (N-methyl/N-ethyl adjacent to an activating group) is 1. The molecule has 1 N–H and O–H groups in total. The van der Waals surface area contributed by atoms with Crippen LogP contribution in [-0.4, -0.2) is 17.4 Å². The Labute approximate surface area is 117 Å². The third-order valence-electron chi connectivity index (χ3n) is 3.20. The van der Waals surface area contributed by atoms with Crippen LogP contribution in [0.25, 0.3) is 11.0 Å². The number of hydrogen-bond donors (Lipinski definition) is 1. The molecule has 2 atom stereocenters. The first kappa shape index (κ1) is 13.7. The van der Waals surface area contributed by atoms with E-state index in [9.17, 15) is 0 Å². The van der Waals surface area contributed by atoms with Crippen LogP contribution in [0.4, 0.5) is 0 Å². The fourth-order valence-corrected chi connectivity index (χ4v) is 3.01. The van der Waals surface area contributed by atoms with Gasteiger partial charge in [-0.15, -0.1) is 23.2 Å². The Kier molecular flexibility index (Phi) is 4.55. The van der Waals surface area contributed by atoms with Crippen molar-refractivity contribution in [3.63, 3.8) is 0 Å². The molecule has 0 aliphatic carbocycles. The van der Waals surface area contributed by atoms with E-state index in [0.717, 1.165) is 23.1 Å². The van der Waals surface area contributed by atoms with Gasteiger partial charge >= 0.3 is 0 Å². The van der Waals surface area contributed by atoms with Crippen molar-refractivity contribution in [3.8, 4) is 0 Å². The SMILES string of the molecule is CCNC(C)C(c1ccc2ccoc2c1)C(Cl)Cl. The lowest BCUT2D eigenvalue weighted by Gasteiger charge is -2.26. The predicted octanol–water partition coefficient (Wildman–Crippen LogP) is 4.32. The minimum atomic E-state index is -0.452. The zero-order valence-corrected chi connectivity index (χ0v) is 12.0. The molecule has 0 saturated heterocycles. The zero-order chi connectivity index (χ0) is 13.1. The van der Waals surface area contributed by atoms with Crippen molar-refractivity contribution >= 4 is 34.2 Å². The second kappa shape index (κ2) is 5.96. The van der Waals surface area contributed by atoms with E-state index < -0.39 is 4.84 Å². The molecule has 0 fully saturated rings. The minimum absolute atomic E-state index is 0.0442. The van der Waals surface area contributed by atoms with Crippen LogP contribution < -0.4 is 5.32 Å². The van der Waals surface area contributed by atoms with Crippen molar-refractivity contribution in [1.82, 2.24) is 5.32 Å². The molecule has 2 aromatic rings. The molecule has 0 saturated carbocycles. The summed E-state index contributed by atoms with van der Waals surface area (Å²) in [5, 5.41) is 4.46. The molecular weight excluding hydrogens is 269 g/mol. The highest BCUT2D eigenvalue weighted by molar-refractivity contribution is 6.44. The smallest absolute Gasteiger partial charge is 0.134 e. The Bertz CT molecular complexity index is 509. The Morgan fingerprint density at radius 3 is 2.72 bits per heavy atom. The first-order chi connectivity index (χ1) is 8.63. The van der Waals surface area contributed by atoms with E-state index in [1.54, 1.807) is 6.26 Å². The number of benzene rings is 1. The summed E-state index contributed by atoms with van der Waals surface area (Å²) in [6, 6.07) is 8.28. The van der Waals surface area contributed by atoms with E-state index >= 15 is 0 Å². The van der Waals surface area contributed by atoms with Gasteiger partial charge in [0.15, 0.2) is 0 Å². The highest BCUT2D eigenvalue weighted by atomic mass is 35.5. The third kappa shape index (κ3) is 2.82. The van der Waals surface area contributed by atoms with E-state index in [4.69, 9.17) is 27.6 Å². The first-order valence-electron chi connectivity index (χ1n) is 6.12. The molecule has 98 valence electrons. The highest BCUT2D eigenvalue weighted by Gasteiger charge is 2.25. The van der Waals surface area contributed by atoms with Crippen molar-refractivity contribution in [2.24, 2.45) is 0 Å². The average molecular weight is 286 g/mol. The summed E-state index contributed by atoms with van der Waals surface area (Å²) in [5.74, 6) is 0.0442. The molecule has 1 heterocycles. The molecule has 18 heavy (non-hydrogen) atoms. The van der Waals surface area contributed by atoms with Gasteiger partial charge in [-0.3, -0.25) is 0 Å². The van der Waals surface area contributed by atoms with Gasteiger partial charge in [-0.05, 0) is 31.2 Å². The van der Waals surface area contributed by atoms with Gasteiger partial charge in [-0.1, -0.05) is 19.1 Å². The highest BCUT2D eigenvalue weighted by Crippen LogP contribution is 2.32. The molecule has 0 amide bonds. The topological polar surface area (TPSA) is 25.2 Å². The van der Waals surface area contributed by atoms with Crippen LogP contribution in [0.2, 0.25) is 0 Å². The van der Waals surface area contributed by atoms with Crippen LogP contribution in [0.5, 0.6) is 0 Å². The van der Waals surface area contributed by atoms with E-state index in [1.165, 1.54) is 0 Å². The second-order valence-corrected chi connectivity index (χ2v) is 5.59. The van der Waals surface area contributed by atoms with Crippen LogP contribution in [0.1, 0.15) is 25.3 Å². The number of rotatable bonds is 5. The van der Waals surface area contributed by atoms with E-state index in [1.807, 2.05) is 18.2 Å². The predicted molar refractivity (Wildman–Crippen MR) is 77.6 cm³/mol. The summed E-state index contributed by atoms with van der Waals surface area (Å²) >= 11 is 12.3. The molecule has 2 nitrogen and oxygen atoms in total. The Balaban J connectivity index is 2.34. The molecule has 4 heteroatoms. The minimum Gasteiger partial charge on any atom is -0.464 e. The van der Waals surface area contributed by atoms with Crippen LogP contribution in [0, 0.1) is 0 Å². The number of nitrogens with one attached hydrogen (secondary N) is 1. The normalized spacial score (nSPS) is 15.2. The zero-order valence-electron chi connectivity index (χ0n) is 10.5. The van der Waals surface area contributed by atoms with Gasteiger partial charge in [-0.2, -0.15) is 0 Å².